The lowest BCUT2D eigenvalue weighted by atomic mass is 10.2. The minimum absolute atomic E-state index is 0.235. The fourth-order valence-electron chi connectivity index (χ4n) is 3.87. The second-order valence-corrected chi connectivity index (χ2v) is 8.89. The summed E-state index contributed by atoms with van der Waals surface area (Å²) in [6.45, 7) is 1.33. The fourth-order valence-corrected chi connectivity index (χ4v) is 3.87. The number of ether oxygens (including phenoxy) is 3. The van der Waals surface area contributed by atoms with Crippen LogP contribution in [0.2, 0.25) is 0 Å². The van der Waals surface area contributed by atoms with Crippen molar-refractivity contribution in [2.75, 3.05) is 5.32 Å². The summed E-state index contributed by atoms with van der Waals surface area (Å²) in [4.78, 5) is 12.8. The van der Waals surface area contributed by atoms with Gasteiger partial charge in [-0.05, 0) is 65.2 Å². The Labute approximate surface area is 228 Å². The molecule has 0 fully saturated rings. The fraction of sp³-hybridized carbons (Fsp3) is 0.0882. The Hall–Kier alpha value is -5.03. The van der Waals surface area contributed by atoms with Gasteiger partial charge in [-0.3, -0.25) is 4.79 Å². The third-order valence-corrected chi connectivity index (χ3v) is 5.92. The molecule has 0 aliphatic carbocycles. The SMILES string of the molecule is O=C(Nc1[c]c(OCc2ccccc2)ccc1)c1ccc(OCc2cccc(OCc3ccccc3)c2)cc1. The van der Waals surface area contributed by atoms with E-state index >= 15 is 0 Å². The predicted octanol–water partition coefficient (Wildman–Crippen LogP) is 7.48. The van der Waals surface area contributed by atoms with E-state index in [-0.39, 0.29) is 5.91 Å². The molecule has 0 unspecified atom stereocenters. The summed E-state index contributed by atoms with van der Waals surface area (Å²) in [6, 6.07) is 43.4. The van der Waals surface area contributed by atoms with Crippen LogP contribution in [0.25, 0.3) is 0 Å². The Morgan fingerprint density at radius 2 is 1.15 bits per heavy atom. The number of rotatable bonds is 11. The van der Waals surface area contributed by atoms with Crippen LogP contribution >= 0.6 is 0 Å². The molecule has 0 spiro atoms. The molecular formula is C34H28NO4. The van der Waals surface area contributed by atoms with Crippen molar-refractivity contribution < 1.29 is 19.0 Å². The normalized spacial score (nSPS) is 10.5. The molecule has 0 aromatic heterocycles. The molecule has 39 heavy (non-hydrogen) atoms. The molecule has 0 heterocycles. The minimum atomic E-state index is -0.235. The summed E-state index contributed by atoms with van der Waals surface area (Å²) in [5.74, 6) is 1.79. The summed E-state index contributed by atoms with van der Waals surface area (Å²) < 4.78 is 17.6. The van der Waals surface area contributed by atoms with Crippen molar-refractivity contribution in [2.24, 2.45) is 0 Å². The molecule has 1 radical (unpaired) electrons. The zero-order valence-corrected chi connectivity index (χ0v) is 21.4. The number of hydrogen-bond acceptors (Lipinski definition) is 4. The molecule has 0 aliphatic heterocycles. The van der Waals surface area contributed by atoms with E-state index in [4.69, 9.17) is 14.2 Å². The Bertz CT molecular complexity index is 1490. The maximum Gasteiger partial charge on any atom is 0.255 e. The Balaban J connectivity index is 1.11. The maximum atomic E-state index is 12.8. The molecule has 5 rings (SSSR count). The highest BCUT2D eigenvalue weighted by atomic mass is 16.5. The Kier molecular flexibility index (Phi) is 8.52. The van der Waals surface area contributed by atoms with Gasteiger partial charge in [-0.1, -0.05) is 78.9 Å². The molecule has 5 aromatic rings. The molecule has 193 valence electrons. The third kappa shape index (κ3) is 7.73. The monoisotopic (exact) mass is 514 g/mol. The van der Waals surface area contributed by atoms with E-state index in [1.165, 1.54) is 0 Å². The third-order valence-electron chi connectivity index (χ3n) is 5.92. The summed E-state index contributed by atoms with van der Waals surface area (Å²) in [7, 11) is 0. The lowest BCUT2D eigenvalue weighted by molar-refractivity contribution is 0.102. The molecule has 0 bridgehead atoms. The van der Waals surface area contributed by atoms with Gasteiger partial charge in [0.1, 0.15) is 37.1 Å². The van der Waals surface area contributed by atoms with E-state index in [0.29, 0.717) is 42.6 Å². The topological polar surface area (TPSA) is 56.8 Å². The van der Waals surface area contributed by atoms with Crippen LogP contribution in [0, 0.1) is 6.07 Å². The summed E-state index contributed by atoms with van der Waals surface area (Å²) in [6.07, 6.45) is 0. The highest BCUT2D eigenvalue weighted by Gasteiger charge is 2.08. The minimum Gasteiger partial charge on any atom is -0.489 e. The van der Waals surface area contributed by atoms with Crippen LogP contribution < -0.4 is 19.5 Å². The van der Waals surface area contributed by atoms with Crippen molar-refractivity contribution >= 4 is 11.6 Å². The van der Waals surface area contributed by atoms with E-state index < -0.39 is 0 Å². The van der Waals surface area contributed by atoms with E-state index in [1.54, 1.807) is 30.3 Å². The van der Waals surface area contributed by atoms with Gasteiger partial charge in [0.15, 0.2) is 0 Å². The standard InChI is InChI=1S/C34H28NO4/c36-34(35-30-14-8-16-33(22-30)39-24-27-11-5-2-6-12-27)29-17-19-31(20-18-29)37-25-28-13-7-15-32(21-28)38-23-26-9-3-1-4-10-26/h1-21H,23-25H2,(H,35,36). The highest BCUT2D eigenvalue weighted by molar-refractivity contribution is 6.04. The maximum absolute atomic E-state index is 12.8. The molecule has 1 amide bonds. The lowest BCUT2D eigenvalue weighted by Crippen LogP contribution is -2.12. The van der Waals surface area contributed by atoms with Gasteiger partial charge in [0, 0.05) is 5.56 Å². The van der Waals surface area contributed by atoms with Crippen LogP contribution in [0.3, 0.4) is 0 Å². The molecule has 0 saturated carbocycles. The second-order valence-electron chi connectivity index (χ2n) is 8.89. The molecule has 0 atom stereocenters. The van der Waals surface area contributed by atoms with Crippen LogP contribution in [0.15, 0.2) is 127 Å². The first-order valence-corrected chi connectivity index (χ1v) is 12.7. The first-order valence-electron chi connectivity index (χ1n) is 12.7. The molecule has 1 N–H and O–H groups in total. The predicted molar refractivity (Wildman–Crippen MR) is 152 cm³/mol. The van der Waals surface area contributed by atoms with Crippen LogP contribution in [0.4, 0.5) is 5.69 Å². The highest BCUT2D eigenvalue weighted by Crippen LogP contribution is 2.21. The number of nitrogens with one attached hydrogen (secondary N) is 1. The van der Waals surface area contributed by atoms with Crippen LogP contribution in [0.5, 0.6) is 17.2 Å². The molecular weight excluding hydrogens is 486 g/mol. The Morgan fingerprint density at radius 1 is 0.564 bits per heavy atom. The van der Waals surface area contributed by atoms with Crippen molar-refractivity contribution in [1.82, 2.24) is 0 Å². The van der Waals surface area contributed by atoms with Crippen molar-refractivity contribution in [2.45, 2.75) is 19.8 Å². The number of hydrogen-bond donors (Lipinski definition) is 1. The zero-order chi connectivity index (χ0) is 26.7. The van der Waals surface area contributed by atoms with Crippen molar-refractivity contribution in [1.29, 1.82) is 0 Å². The van der Waals surface area contributed by atoms with Crippen molar-refractivity contribution in [3.63, 3.8) is 0 Å². The largest absolute Gasteiger partial charge is 0.489 e. The molecule has 5 nitrogen and oxygen atoms in total. The quantitative estimate of drug-likeness (QED) is 0.199. The van der Waals surface area contributed by atoms with Crippen molar-refractivity contribution in [3.05, 3.63) is 156 Å². The molecule has 0 saturated heterocycles. The van der Waals surface area contributed by atoms with Gasteiger partial charge in [-0.15, -0.1) is 0 Å². The number of carbonyl (C=O) groups is 1. The average molecular weight is 515 g/mol. The zero-order valence-electron chi connectivity index (χ0n) is 21.4. The number of benzene rings is 5. The molecule has 0 aliphatic rings. The molecule has 5 aromatic carbocycles. The van der Waals surface area contributed by atoms with E-state index in [1.807, 2.05) is 97.1 Å². The van der Waals surface area contributed by atoms with Crippen molar-refractivity contribution in [3.8, 4) is 17.2 Å². The van der Waals surface area contributed by atoms with Crippen LogP contribution in [-0.4, -0.2) is 5.91 Å². The first-order chi connectivity index (χ1) is 19.2. The number of carbonyl (C=O) groups excluding carboxylic acids is 1. The van der Waals surface area contributed by atoms with Gasteiger partial charge < -0.3 is 19.5 Å². The van der Waals surface area contributed by atoms with Crippen LogP contribution in [-0.2, 0) is 19.8 Å². The van der Waals surface area contributed by atoms with Gasteiger partial charge in [0.2, 0.25) is 0 Å². The lowest BCUT2D eigenvalue weighted by Gasteiger charge is -2.11. The van der Waals surface area contributed by atoms with Gasteiger partial charge in [0.25, 0.3) is 5.91 Å². The first kappa shape index (κ1) is 25.6. The second kappa shape index (κ2) is 13.0. The van der Waals surface area contributed by atoms with E-state index in [9.17, 15) is 4.79 Å². The van der Waals surface area contributed by atoms with Gasteiger partial charge >= 0.3 is 0 Å². The van der Waals surface area contributed by atoms with Gasteiger partial charge in [0.05, 0.1) is 11.8 Å². The van der Waals surface area contributed by atoms with Gasteiger partial charge in [-0.25, -0.2) is 0 Å². The Morgan fingerprint density at radius 3 is 1.87 bits per heavy atom. The van der Waals surface area contributed by atoms with E-state index in [0.717, 1.165) is 22.4 Å². The number of anilines is 1. The molecule has 5 heteroatoms. The average Bonchev–Trinajstić information content (AvgIpc) is 3.00. The number of amides is 1. The van der Waals surface area contributed by atoms with E-state index in [2.05, 4.69) is 11.4 Å². The smallest absolute Gasteiger partial charge is 0.255 e. The van der Waals surface area contributed by atoms with Crippen LogP contribution in [0.1, 0.15) is 27.0 Å². The van der Waals surface area contributed by atoms with Gasteiger partial charge in [-0.2, -0.15) is 0 Å². The summed E-state index contributed by atoms with van der Waals surface area (Å²) in [5, 5.41) is 2.87. The summed E-state index contributed by atoms with van der Waals surface area (Å²) in [5.41, 5.74) is 4.23. The summed E-state index contributed by atoms with van der Waals surface area (Å²) >= 11 is 0.